The van der Waals surface area contributed by atoms with Crippen LogP contribution in [0.25, 0.3) is 0 Å². The van der Waals surface area contributed by atoms with Crippen LogP contribution in [0, 0.1) is 11.3 Å². The fraction of sp³-hybridized carbons (Fsp3) is 1.00. The summed E-state index contributed by atoms with van der Waals surface area (Å²) < 4.78 is 0. The Balaban J connectivity index is 2.32. The highest BCUT2D eigenvalue weighted by atomic mass is 14.9. The van der Waals surface area contributed by atoms with E-state index in [2.05, 4.69) is 39.9 Å². The first kappa shape index (κ1) is 15.0. The first-order chi connectivity index (χ1) is 7.96. The molecule has 0 saturated heterocycles. The van der Waals surface area contributed by atoms with Crippen molar-refractivity contribution in [1.29, 1.82) is 0 Å². The van der Waals surface area contributed by atoms with E-state index in [9.17, 15) is 0 Å². The Kier molecular flexibility index (Phi) is 5.99. The molecule has 0 aromatic heterocycles. The summed E-state index contributed by atoms with van der Waals surface area (Å²) in [5, 5.41) is 3.91. The van der Waals surface area contributed by atoms with Crippen LogP contribution in [-0.2, 0) is 0 Å². The monoisotopic (exact) mass is 239 g/mol. The van der Waals surface area contributed by atoms with E-state index in [1.807, 2.05) is 0 Å². The van der Waals surface area contributed by atoms with Crippen molar-refractivity contribution in [1.82, 2.24) is 5.32 Å². The average molecular weight is 239 g/mol. The van der Waals surface area contributed by atoms with Gasteiger partial charge >= 0.3 is 0 Å². The van der Waals surface area contributed by atoms with Gasteiger partial charge in [0.15, 0.2) is 0 Å². The highest BCUT2D eigenvalue weighted by molar-refractivity contribution is 4.84. The Morgan fingerprint density at radius 3 is 2.18 bits per heavy atom. The second kappa shape index (κ2) is 6.78. The standard InChI is InChI=1S/C16H33N/c1-6-13(3)12-14(7-2)17-15-8-10-16(4,5)11-9-15/h13-15,17H,6-12H2,1-5H3. The van der Waals surface area contributed by atoms with Crippen molar-refractivity contribution in [3.8, 4) is 0 Å². The van der Waals surface area contributed by atoms with Crippen molar-refractivity contribution in [2.75, 3.05) is 0 Å². The van der Waals surface area contributed by atoms with Crippen molar-refractivity contribution in [2.24, 2.45) is 11.3 Å². The van der Waals surface area contributed by atoms with E-state index < -0.39 is 0 Å². The maximum atomic E-state index is 3.91. The predicted molar refractivity (Wildman–Crippen MR) is 77.3 cm³/mol. The maximum Gasteiger partial charge on any atom is 0.00700 e. The van der Waals surface area contributed by atoms with Gasteiger partial charge in [-0.2, -0.15) is 0 Å². The van der Waals surface area contributed by atoms with Gasteiger partial charge in [0, 0.05) is 12.1 Å². The molecule has 2 unspecified atom stereocenters. The maximum absolute atomic E-state index is 3.91. The SMILES string of the molecule is CCC(C)CC(CC)NC1CCC(C)(C)CC1. The second-order valence-electron chi connectivity index (χ2n) is 6.96. The third kappa shape index (κ3) is 5.42. The molecule has 0 aromatic rings. The lowest BCUT2D eigenvalue weighted by molar-refractivity contribution is 0.192. The molecule has 0 spiro atoms. The van der Waals surface area contributed by atoms with E-state index in [0.29, 0.717) is 5.41 Å². The number of rotatable bonds is 6. The smallest absolute Gasteiger partial charge is 0.00700 e. The van der Waals surface area contributed by atoms with Gasteiger partial charge in [0.05, 0.1) is 0 Å². The topological polar surface area (TPSA) is 12.0 Å². The molecule has 0 radical (unpaired) electrons. The molecule has 17 heavy (non-hydrogen) atoms. The molecule has 2 atom stereocenters. The van der Waals surface area contributed by atoms with Gasteiger partial charge in [-0.25, -0.2) is 0 Å². The van der Waals surface area contributed by atoms with Crippen molar-refractivity contribution in [2.45, 2.75) is 91.6 Å². The zero-order valence-corrected chi connectivity index (χ0v) is 12.7. The summed E-state index contributed by atoms with van der Waals surface area (Å²) in [7, 11) is 0. The van der Waals surface area contributed by atoms with Gasteiger partial charge in [-0.3, -0.25) is 0 Å². The number of hydrogen-bond acceptors (Lipinski definition) is 1. The fourth-order valence-electron chi connectivity index (χ4n) is 2.90. The summed E-state index contributed by atoms with van der Waals surface area (Å²) in [6, 6.07) is 1.54. The minimum atomic E-state index is 0.594. The molecule has 1 fully saturated rings. The zero-order chi connectivity index (χ0) is 12.9. The Labute approximate surface area is 109 Å². The van der Waals surface area contributed by atoms with Crippen LogP contribution >= 0.6 is 0 Å². The molecule has 1 rings (SSSR count). The molecule has 0 aromatic carbocycles. The Hall–Kier alpha value is -0.0400. The quantitative estimate of drug-likeness (QED) is 0.704. The van der Waals surface area contributed by atoms with Gasteiger partial charge in [-0.05, 0) is 49.9 Å². The lowest BCUT2D eigenvalue weighted by Gasteiger charge is -2.36. The molecule has 1 saturated carbocycles. The van der Waals surface area contributed by atoms with E-state index in [-0.39, 0.29) is 0 Å². The molecule has 1 nitrogen and oxygen atoms in total. The van der Waals surface area contributed by atoms with Crippen LogP contribution in [0.3, 0.4) is 0 Å². The molecular formula is C16H33N. The Morgan fingerprint density at radius 1 is 1.12 bits per heavy atom. The van der Waals surface area contributed by atoms with Crippen LogP contribution < -0.4 is 5.32 Å². The first-order valence-corrected chi connectivity index (χ1v) is 7.73. The van der Waals surface area contributed by atoms with Crippen LogP contribution in [0.1, 0.15) is 79.6 Å². The molecule has 1 aliphatic carbocycles. The summed E-state index contributed by atoms with van der Waals surface area (Å²) >= 11 is 0. The van der Waals surface area contributed by atoms with Gasteiger partial charge in [-0.15, -0.1) is 0 Å². The van der Waals surface area contributed by atoms with Crippen LogP contribution in [0.2, 0.25) is 0 Å². The summed E-state index contributed by atoms with van der Waals surface area (Å²) in [5.41, 5.74) is 0.594. The predicted octanol–water partition coefficient (Wildman–Crippen LogP) is 4.76. The van der Waals surface area contributed by atoms with E-state index in [0.717, 1.165) is 18.0 Å². The van der Waals surface area contributed by atoms with E-state index in [4.69, 9.17) is 0 Å². The molecule has 102 valence electrons. The summed E-state index contributed by atoms with van der Waals surface area (Å²) in [4.78, 5) is 0. The van der Waals surface area contributed by atoms with E-state index >= 15 is 0 Å². The number of nitrogens with one attached hydrogen (secondary N) is 1. The van der Waals surface area contributed by atoms with Crippen LogP contribution in [0.5, 0.6) is 0 Å². The Morgan fingerprint density at radius 2 is 1.71 bits per heavy atom. The molecule has 0 heterocycles. The van der Waals surface area contributed by atoms with Crippen molar-refractivity contribution >= 4 is 0 Å². The molecule has 0 bridgehead atoms. The first-order valence-electron chi connectivity index (χ1n) is 7.73. The Bertz CT molecular complexity index is 200. The van der Waals surface area contributed by atoms with Crippen LogP contribution in [0.4, 0.5) is 0 Å². The molecule has 1 N–H and O–H groups in total. The third-order valence-electron chi connectivity index (χ3n) is 4.69. The molecule has 1 aliphatic rings. The highest BCUT2D eigenvalue weighted by Gasteiger charge is 2.27. The lowest BCUT2D eigenvalue weighted by atomic mass is 9.75. The fourth-order valence-corrected chi connectivity index (χ4v) is 2.90. The molecule has 1 heteroatoms. The van der Waals surface area contributed by atoms with Gasteiger partial charge < -0.3 is 5.32 Å². The summed E-state index contributed by atoms with van der Waals surface area (Å²) in [6.07, 6.45) is 9.50. The van der Waals surface area contributed by atoms with Crippen molar-refractivity contribution in [3.63, 3.8) is 0 Å². The van der Waals surface area contributed by atoms with Gasteiger partial charge in [0.2, 0.25) is 0 Å². The highest BCUT2D eigenvalue weighted by Crippen LogP contribution is 2.35. The molecule has 0 amide bonds. The average Bonchev–Trinajstić information content (AvgIpc) is 2.30. The van der Waals surface area contributed by atoms with E-state index in [1.54, 1.807) is 0 Å². The zero-order valence-electron chi connectivity index (χ0n) is 12.7. The molecule has 0 aliphatic heterocycles. The van der Waals surface area contributed by atoms with Crippen molar-refractivity contribution < 1.29 is 0 Å². The van der Waals surface area contributed by atoms with Gasteiger partial charge in [-0.1, -0.05) is 41.0 Å². The molecular weight excluding hydrogens is 206 g/mol. The van der Waals surface area contributed by atoms with Gasteiger partial charge in [0.1, 0.15) is 0 Å². The number of hydrogen-bond donors (Lipinski definition) is 1. The third-order valence-corrected chi connectivity index (χ3v) is 4.69. The van der Waals surface area contributed by atoms with Crippen molar-refractivity contribution in [3.05, 3.63) is 0 Å². The normalized spacial score (nSPS) is 24.5. The second-order valence-corrected chi connectivity index (χ2v) is 6.96. The minimum Gasteiger partial charge on any atom is -0.311 e. The van der Waals surface area contributed by atoms with Crippen LogP contribution in [-0.4, -0.2) is 12.1 Å². The summed E-state index contributed by atoms with van der Waals surface area (Å²) in [6.45, 7) is 11.8. The lowest BCUT2D eigenvalue weighted by Crippen LogP contribution is -2.42. The van der Waals surface area contributed by atoms with Crippen LogP contribution in [0.15, 0.2) is 0 Å². The van der Waals surface area contributed by atoms with Gasteiger partial charge in [0.25, 0.3) is 0 Å². The minimum absolute atomic E-state index is 0.594. The van der Waals surface area contributed by atoms with E-state index in [1.165, 1.54) is 44.9 Å². The summed E-state index contributed by atoms with van der Waals surface area (Å²) in [5.74, 6) is 0.868. The largest absolute Gasteiger partial charge is 0.311 e.